The molecular weight excluding hydrogens is 136 g/mol. The van der Waals surface area contributed by atoms with Crippen LogP contribution in [0.3, 0.4) is 0 Å². The molecule has 2 heteroatoms. The molecule has 0 spiro atoms. The van der Waals surface area contributed by atoms with Crippen molar-refractivity contribution in [2.75, 3.05) is 5.75 Å². The van der Waals surface area contributed by atoms with E-state index in [9.17, 15) is 0 Å². The summed E-state index contributed by atoms with van der Waals surface area (Å²) in [4.78, 5) is 0. The lowest BCUT2D eigenvalue weighted by Crippen LogP contribution is -1.97. The summed E-state index contributed by atoms with van der Waals surface area (Å²) in [6.45, 7) is 2.32. The third-order valence-corrected chi connectivity index (χ3v) is 2.89. The predicted octanol–water partition coefficient (Wildman–Crippen LogP) is 2.61. The van der Waals surface area contributed by atoms with Crippen LogP contribution < -0.4 is 0 Å². The van der Waals surface area contributed by atoms with Gasteiger partial charge in [-0.1, -0.05) is 17.7 Å². The first-order chi connectivity index (χ1) is 3.84. The minimum Gasteiger partial charge on any atom is -0.111 e. The van der Waals surface area contributed by atoms with Crippen molar-refractivity contribution < 1.29 is 0 Å². The Morgan fingerprint density at radius 1 is 1.75 bits per heavy atom. The molecule has 8 heavy (non-hydrogen) atoms. The molecular formula is C6H12S2. The van der Waals surface area contributed by atoms with Crippen LogP contribution in [0.15, 0.2) is 0 Å². The van der Waals surface area contributed by atoms with Crippen LogP contribution in [0.5, 0.6) is 0 Å². The van der Waals surface area contributed by atoms with Crippen LogP contribution in [0, 0.1) is 11.8 Å². The monoisotopic (exact) mass is 148 g/mol. The van der Waals surface area contributed by atoms with Crippen molar-refractivity contribution in [3.63, 3.8) is 0 Å². The highest BCUT2D eigenvalue weighted by atomic mass is 33.1. The minimum atomic E-state index is 0.914. The first-order valence-electron chi connectivity index (χ1n) is 3.11. The zero-order chi connectivity index (χ0) is 5.98. The van der Waals surface area contributed by atoms with Gasteiger partial charge in [-0.3, -0.25) is 0 Å². The fourth-order valence-corrected chi connectivity index (χ4v) is 2.13. The quantitative estimate of drug-likeness (QED) is 0.474. The highest BCUT2D eigenvalue weighted by Crippen LogP contribution is 2.38. The molecule has 1 aliphatic carbocycles. The van der Waals surface area contributed by atoms with E-state index < -0.39 is 0 Å². The van der Waals surface area contributed by atoms with Crippen LogP contribution >= 0.6 is 22.5 Å². The zero-order valence-corrected chi connectivity index (χ0v) is 6.84. The average molecular weight is 148 g/mol. The Balaban J connectivity index is 2.03. The molecule has 0 N–H and O–H groups in total. The van der Waals surface area contributed by atoms with E-state index in [1.807, 2.05) is 0 Å². The Bertz CT molecular complexity index is 68.9. The maximum absolute atomic E-state index is 4.10. The van der Waals surface area contributed by atoms with Crippen molar-refractivity contribution in [3.8, 4) is 0 Å². The Hall–Kier alpha value is 0.700. The van der Waals surface area contributed by atoms with Gasteiger partial charge in [-0.25, -0.2) is 0 Å². The van der Waals surface area contributed by atoms with E-state index >= 15 is 0 Å². The summed E-state index contributed by atoms with van der Waals surface area (Å²) in [6, 6.07) is 0. The molecule has 0 amide bonds. The Labute approximate surface area is 60.2 Å². The summed E-state index contributed by atoms with van der Waals surface area (Å²) in [5, 5.41) is 0. The molecule has 0 aromatic heterocycles. The van der Waals surface area contributed by atoms with Gasteiger partial charge in [0.2, 0.25) is 0 Å². The van der Waals surface area contributed by atoms with Gasteiger partial charge in [0.1, 0.15) is 0 Å². The summed E-state index contributed by atoms with van der Waals surface area (Å²) in [6.07, 6.45) is 2.94. The van der Waals surface area contributed by atoms with E-state index in [4.69, 9.17) is 0 Å². The van der Waals surface area contributed by atoms with Crippen molar-refractivity contribution in [2.24, 2.45) is 11.8 Å². The van der Waals surface area contributed by atoms with Crippen LogP contribution in [0.1, 0.15) is 19.8 Å². The van der Waals surface area contributed by atoms with Gasteiger partial charge in [0.25, 0.3) is 0 Å². The largest absolute Gasteiger partial charge is 0.111 e. The van der Waals surface area contributed by atoms with E-state index in [0.29, 0.717) is 0 Å². The van der Waals surface area contributed by atoms with E-state index in [-0.39, 0.29) is 0 Å². The topological polar surface area (TPSA) is 0 Å². The number of hydrogen-bond donors (Lipinski definition) is 1. The lowest BCUT2D eigenvalue weighted by atomic mass is 10.1. The highest BCUT2D eigenvalue weighted by Gasteiger charge is 2.27. The van der Waals surface area contributed by atoms with Gasteiger partial charge >= 0.3 is 0 Å². The molecule has 0 nitrogen and oxygen atoms in total. The third kappa shape index (κ3) is 1.90. The summed E-state index contributed by atoms with van der Waals surface area (Å²) < 4.78 is 0. The van der Waals surface area contributed by atoms with E-state index in [0.717, 1.165) is 11.8 Å². The molecule has 0 bridgehead atoms. The first-order valence-corrected chi connectivity index (χ1v) is 5.14. The van der Waals surface area contributed by atoms with Crippen molar-refractivity contribution in [1.29, 1.82) is 0 Å². The smallest absolute Gasteiger partial charge is 0.00628 e. The Morgan fingerprint density at radius 3 is 2.75 bits per heavy atom. The molecule has 0 aliphatic heterocycles. The Morgan fingerprint density at radius 2 is 2.38 bits per heavy atom. The normalized spacial score (nSPS) is 23.2. The second-order valence-electron chi connectivity index (χ2n) is 2.61. The number of rotatable bonds is 3. The average Bonchev–Trinajstić information content (AvgIpc) is 2.45. The second-order valence-corrected chi connectivity index (χ2v) is 3.98. The maximum atomic E-state index is 4.10. The number of hydrogen-bond acceptors (Lipinski definition) is 2. The summed E-state index contributed by atoms with van der Waals surface area (Å²) in [5.74, 6) is 3.19. The lowest BCUT2D eigenvalue weighted by molar-refractivity contribution is 0.574. The van der Waals surface area contributed by atoms with Crippen molar-refractivity contribution in [3.05, 3.63) is 0 Å². The molecule has 0 saturated heterocycles. The van der Waals surface area contributed by atoms with Crippen LogP contribution in [-0.2, 0) is 0 Å². The molecule has 1 saturated carbocycles. The lowest BCUT2D eigenvalue weighted by Gasteiger charge is -2.04. The van der Waals surface area contributed by atoms with Crippen LogP contribution in [0.2, 0.25) is 0 Å². The molecule has 0 aromatic rings. The first kappa shape index (κ1) is 6.81. The molecule has 48 valence electrons. The van der Waals surface area contributed by atoms with Crippen LogP contribution in [0.4, 0.5) is 0 Å². The molecule has 0 heterocycles. The molecule has 1 aliphatic rings. The summed E-state index contributed by atoms with van der Waals surface area (Å²) in [7, 11) is 1.67. The molecule has 1 atom stereocenters. The predicted molar refractivity (Wildman–Crippen MR) is 43.3 cm³/mol. The SMILES string of the molecule is CC(CSS)C1CC1. The van der Waals surface area contributed by atoms with Gasteiger partial charge in [0, 0.05) is 5.75 Å². The standard InChI is InChI=1S/C6H12S2/c1-5(4-8-7)6-2-3-6/h5-7H,2-4H2,1H3. The van der Waals surface area contributed by atoms with E-state index in [1.165, 1.54) is 18.6 Å². The minimum absolute atomic E-state index is 0.914. The molecule has 0 radical (unpaired) electrons. The van der Waals surface area contributed by atoms with Crippen LogP contribution in [-0.4, -0.2) is 5.75 Å². The van der Waals surface area contributed by atoms with E-state index in [1.54, 1.807) is 10.8 Å². The fraction of sp³-hybridized carbons (Fsp3) is 1.00. The van der Waals surface area contributed by atoms with Gasteiger partial charge in [-0.15, -0.1) is 11.7 Å². The van der Waals surface area contributed by atoms with Gasteiger partial charge < -0.3 is 0 Å². The van der Waals surface area contributed by atoms with E-state index in [2.05, 4.69) is 18.6 Å². The van der Waals surface area contributed by atoms with Crippen LogP contribution in [0.25, 0.3) is 0 Å². The highest BCUT2D eigenvalue weighted by molar-refractivity contribution is 8.68. The third-order valence-electron chi connectivity index (χ3n) is 1.76. The molecule has 1 fully saturated rings. The fourth-order valence-electron chi connectivity index (χ4n) is 0.919. The van der Waals surface area contributed by atoms with Gasteiger partial charge in [0.15, 0.2) is 0 Å². The van der Waals surface area contributed by atoms with Gasteiger partial charge in [-0.05, 0) is 24.7 Å². The molecule has 0 aromatic carbocycles. The van der Waals surface area contributed by atoms with Crippen molar-refractivity contribution >= 4 is 22.5 Å². The molecule has 1 unspecified atom stereocenters. The summed E-state index contributed by atoms with van der Waals surface area (Å²) in [5.41, 5.74) is 0. The Kier molecular flexibility index (Phi) is 2.57. The van der Waals surface area contributed by atoms with Crippen molar-refractivity contribution in [1.82, 2.24) is 0 Å². The van der Waals surface area contributed by atoms with Gasteiger partial charge in [-0.2, -0.15) is 0 Å². The summed E-state index contributed by atoms with van der Waals surface area (Å²) >= 11 is 4.10. The van der Waals surface area contributed by atoms with Crippen molar-refractivity contribution in [2.45, 2.75) is 19.8 Å². The maximum Gasteiger partial charge on any atom is 0.00628 e. The van der Waals surface area contributed by atoms with Gasteiger partial charge in [0.05, 0.1) is 0 Å². The number of thiol groups is 1. The zero-order valence-electron chi connectivity index (χ0n) is 5.13. The second kappa shape index (κ2) is 3.02. The molecule has 1 rings (SSSR count).